The minimum absolute atomic E-state index is 0.134. The molecule has 6 heteroatoms. The summed E-state index contributed by atoms with van der Waals surface area (Å²) in [6, 6.07) is 0. The summed E-state index contributed by atoms with van der Waals surface area (Å²) < 4.78 is 0. The molecule has 1 aromatic heterocycles. The van der Waals surface area contributed by atoms with Crippen molar-refractivity contribution in [3.8, 4) is 0 Å². The van der Waals surface area contributed by atoms with E-state index >= 15 is 0 Å². The van der Waals surface area contributed by atoms with Crippen molar-refractivity contribution >= 4 is 5.91 Å². The molecule has 0 fully saturated rings. The maximum atomic E-state index is 12.2. The molecule has 1 amide bonds. The fourth-order valence-corrected chi connectivity index (χ4v) is 1.54. The first-order valence-electron chi connectivity index (χ1n) is 6.53. The molecule has 0 aliphatic heterocycles. The van der Waals surface area contributed by atoms with Gasteiger partial charge in [-0.15, -0.1) is 10.2 Å². The van der Waals surface area contributed by atoms with Crippen molar-refractivity contribution in [2.45, 2.75) is 40.5 Å². The second-order valence-electron chi connectivity index (χ2n) is 5.39. The van der Waals surface area contributed by atoms with E-state index < -0.39 is 0 Å². The second-order valence-corrected chi connectivity index (χ2v) is 5.39. The van der Waals surface area contributed by atoms with E-state index in [1.54, 1.807) is 0 Å². The third-order valence-electron chi connectivity index (χ3n) is 2.78. The smallest absolute Gasteiger partial charge is 0.295 e. The minimum atomic E-state index is -0.134. The lowest BCUT2D eigenvalue weighted by atomic mass is 10.1. The maximum absolute atomic E-state index is 12.2. The van der Waals surface area contributed by atoms with E-state index in [9.17, 15) is 4.79 Å². The molecule has 1 N–H and O–H groups in total. The highest BCUT2D eigenvalue weighted by Crippen LogP contribution is 2.08. The van der Waals surface area contributed by atoms with E-state index in [1.807, 2.05) is 4.90 Å². The van der Waals surface area contributed by atoms with Crippen LogP contribution < -0.4 is 0 Å². The summed E-state index contributed by atoms with van der Waals surface area (Å²) in [7, 11) is 0. The van der Waals surface area contributed by atoms with Gasteiger partial charge in [0.1, 0.15) is 0 Å². The van der Waals surface area contributed by atoms with Crippen LogP contribution in [-0.4, -0.2) is 44.5 Å². The highest BCUT2D eigenvalue weighted by atomic mass is 16.2. The monoisotopic (exact) mass is 253 g/mol. The quantitative estimate of drug-likeness (QED) is 0.803. The number of nitrogens with one attached hydrogen (secondary N) is 1. The Labute approximate surface area is 108 Å². The Kier molecular flexibility index (Phi) is 5.74. The van der Waals surface area contributed by atoms with Crippen LogP contribution in [0.5, 0.6) is 0 Å². The van der Waals surface area contributed by atoms with Crippen molar-refractivity contribution in [3.05, 3.63) is 5.82 Å². The van der Waals surface area contributed by atoms with Gasteiger partial charge in [0.2, 0.25) is 0 Å². The molecule has 1 rings (SSSR count). The molecule has 6 nitrogen and oxygen atoms in total. The number of hydrogen-bond acceptors (Lipinski definition) is 4. The van der Waals surface area contributed by atoms with Crippen LogP contribution in [0.2, 0.25) is 0 Å². The van der Waals surface area contributed by atoms with Gasteiger partial charge in [-0.1, -0.05) is 27.7 Å². The van der Waals surface area contributed by atoms with Gasteiger partial charge in [-0.25, -0.2) is 0 Å². The summed E-state index contributed by atoms with van der Waals surface area (Å²) in [6.07, 6.45) is 1.98. The lowest BCUT2D eigenvalue weighted by Gasteiger charge is -2.23. The predicted molar refractivity (Wildman–Crippen MR) is 69.0 cm³/mol. The number of carbonyl (C=O) groups is 1. The average Bonchev–Trinajstić information content (AvgIpc) is 2.81. The van der Waals surface area contributed by atoms with Gasteiger partial charge in [0.15, 0.2) is 0 Å². The van der Waals surface area contributed by atoms with Gasteiger partial charge in [0.25, 0.3) is 11.7 Å². The molecule has 18 heavy (non-hydrogen) atoms. The predicted octanol–water partition coefficient (Wildman–Crippen LogP) is 1.73. The Morgan fingerprint density at radius 3 is 2.11 bits per heavy atom. The van der Waals surface area contributed by atoms with Crippen LogP contribution in [0.4, 0.5) is 0 Å². The van der Waals surface area contributed by atoms with E-state index in [0.29, 0.717) is 11.8 Å². The van der Waals surface area contributed by atoms with Gasteiger partial charge in [-0.05, 0) is 29.9 Å². The molecule has 0 aromatic carbocycles. The molecule has 0 aliphatic carbocycles. The Bertz CT molecular complexity index is 335. The van der Waals surface area contributed by atoms with Crippen molar-refractivity contribution in [1.29, 1.82) is 0 Å². The lowest BCUT2D eigenvalue weighted by molar-refractivity contribution is 0.0728. The first kappa shape index (κ1) is 14.6. The van der Waals surface area contributed by atoms with Gasteiger partial charge in [0.05, 0.1) is 0 Å². The summed E-state index contributed by atoms with van der Waals surface area (Å²) in [4.78, 5) is 14.0. The van der Waals surface area contributed by atoms with Crippen LogP contribution >= 0.6 is 0 Å². The van der Waals surface area contributed by atoms with E-state index in [-0.39, 0.29) is 11.7 Å². The molecular formula is C12H23N5O. The molecule has 1 heterocycles. The summed E-state index contributed by atoms with van der Waals surface area (Å²) in [5.74, 6) is 1.17. The number of carbonyl (C=O) groups excluding carboxylic acids is 1. The van der Waals surface area contributed by atoms with Gasteiger partial charge in [-0.2, -0.15) is 5.21 Å². The second kappa shape index (κ2) is 7.08. The van der Waals surface area contributed by atoms with Crippen LogP contribution in [0, 0.1) is 11.8 Å². The molecule has 0 aliphatic rings. The van der Waals surface area contributed by atoms with Crippen molar-refractivity contribution in [3.63, 3.8) is 0 Å². The SMILES string of the molecule is CC(C)CCN(CCC(C)C)C(=O)c1nn[nH]n1. The third-order valence-corrected chi connectivity index (χ3v) is 2.78. The molecule has 0 unspecified atom stereocenters. The molecule has 1 aromatic rings. The molecule has 0 saturated heterocycles. The molecule has 0 atom stereocenters. The molecular weight excluding hydrogens is 230 g/mol. The number of rotatable bonds is 7. The summed E-state index contributed by atoms with van der Waals surface area (Å²) in [5.41, 5.74) is 0. The number of nitrogens with zero attached hydrogens (tertiary/aromatic N) is 4. The third kappa shape index (κ3) is 4.81. The van der Waals surface area contributed by atoms with E-state index in [0.717, 1.165) is 25.9 Å². The van der Waals surface area contributed by atoms with Crippen molar-refractivity contribution in [2.24, 2.45) is 11.8 Å². The maximum Gasteiger partial charge on any atom is 0.295 e. The molecule has 0 saturated carbocycles. The van der Waals surface area contributed by atoms with Gasteiger partial charge in [0, 0.05) is 13.1 Å². The summed E-state index contributed by atoms with van der Waals surface area (Å²) in [6.45, 7) is 10.1. The van der Waals surface area contributed by atoms with Crippen molar-refractivity contribution in [1.82, 2.24) is 25.5 Å². The first-order chi connectivity index (χ1) is 8.50. The van der Waals surface area contributed by atoms with E-state index in [1.165, 1.54) is 0 Å². The Hall–Kier alpha value is -1.46. The van der Waals surface area contributed by atoms with Crippen LogP contribution in [-0.2, 0) is 0 Å². The number of aromatic amines is 1. The standard InChI is InChI=1S/C12H23N5O/c1-9(2)5-7-17(8-6-10(3)4)12(18)11-13-15-16-14-11/h9-10H,5-8H2,1-4H3,(H,13,14,15,16). The van der Waals surface area contributed by atoms with Crippen LogP contribution in [0.15, 0.2) is 0 Å². The highest BCUT2D eigenvalue weighted by Gasteiger charge is 2.19. The van der Waals surface area contributed by atoms with Crippen LogP contribution in [0.3, 0.4) is 0 Å². The zero-order valence-electron chi connectivity index (χ0n) is 11.7. The molecule has 0 spiro atoms. The Morgan fingerprint density at radius 2 is 1.72 bits per heavy atom. The molecule has 0 radical (unpaired) electrons. The Morgan fingerprint density at radius 1 is 1.17 bits per heavy atom. The summed E-state index contributed by atoms with van der Waals surface area (Å²) in [5, 5.41) is 13.3. The highest BCUT2D eigenvalue weighted by molar-refractivity contribution is 5.90. The normalized spacial score (nSPS) is 11.2. The van der Waals surface area contributed by atoms with E-state index in [2.05, 4.69) is 48.3 Å². The fraction of sp³-hybridized carbons (Fsp3) is 0.833. The fourth-order valence-electron chi connectivity index (χ4n) is 1.54. The van der Waals surface area contributed by atoms with Crippen LogP contribution in [0.1, 0.15) is 51.2 Å². The number of H-pyrrole nitrogens is 1. The van der Waals surface area contributed by atoms with Gasteiger partial charge < -0.3 is 4.90 Å². The minimum Gasteiger partial charge on any atom is -0.336 e. The summed E-state index contributed by atoms with van der Waals surface area (Å²) >= 11 is 0. The van der Waals surface area contributed by atoms with E-state index in [4.69, 9.17) is 0 Å². The first-order valence-corrected chi connectivity index (χ1v) is 6.53. The zero-order valence-corrected chi connectivity index (χ0v) is 11.7. The van der Waals surface area contributed by atoms with Crippen molar-refractivity contribution < 1.29 is 4.79 Å². The average molecular weight is 253 g/mol. The van der Waals surface area contributed by atoms with Gasteiger partial charge >= 0.3 is 0 Å². The Balaban J connectivity index is 2.60. The van der Waals surface area contributed by atoms with Gasteiger partial charge in [-0.3, -0.25) is 4.79 Å². The number of hydrogen-bond donors (Lipinski definition) is 1. The molecule has 102 valence electrons. The molecule has 0 bridgehead atoms. The lowest BCUT2D eigenvalue weighted by Crippen LogP contribution is -2.34. The number of amides is 1. The number of tetrazole rings is 1. The zero-order chi connectivity index (χ0) is 13.5. The largest absolute Gasteiger partial charge is 0.336 e. The van der Waals surface area contributed by atoms with Crippen LogP contribution in [0.25, 0.3) is 0 Å². The van der Waals surface area contributed by atoms with Crippen molar-refractivity contribution in [2.75, 3.05) is 13.1 Å². The number of aromatic nitrogens is 4. The topological polar surface area (TPSA) is 74.8 Å².